The van der Waals surface area contributed by atoms with Gasteiger partial charge in [-0.05, 0) is 36.5 Å². The Bertz CT molecular complexity index is 406. The quantitative estimate of drug-likeness (QED) is 0.497. The minimum absolute atomic E-state index is 0.0598. The van der Waals surface area contributed by atoms with Crippen molar-refractivity contribution in [1.82, 2.24) is 5.43 Å². The highest BCUT2D eigenvalue weighted by molar-refractivity contribution is 5.27. The summed E-state index contributed by atoms with van der Waals surface area (Å²) >= 11 is 0. The SMILES string of the molecule is NNC(c1ccc(C(F)(F)F)cc1)C1CCCCCC1. The van der Waals surface area contributed by atoms with Crippen molar-refractivity contribution in [2.75, 3.05) is 0 Å². The summed E-state index contributed by atoms with van der Waals surface area (Å²) in [5.74, 6) is 6.04. The van der Waals surface area contributed by atoms with Crippen LogP contribution in [0.4, 0.5) is 13.2 Å². The Balaban J connectivity index is 2.14. The third-order valence-corrected chi connectivity index (χ3v) is 4.15. The maximum atomic E-state index is 12.6. The van der Waals surface area contributed by atoms with E-state index in [4.69, 9.17) is 5.84 Å². The summed E-state index contributed by atoms with van der Waals surface area (Å²) in [6.45, 7) is 0. The predicted molar refractivity (Wildman–Crippen MR) is 72.7 cm³/mol. The van der Waals surface area contributed by atoms with Crippen molar-refractivity contribution in [3.63, 3.8) is 0 Å². The minimum atomic E-state index is -4.29. The summed E-state index contributed by atoms with van der Waals surface area (Å²) in [5.41, 5.74) is 3.02. The molecule has 0 heterocycles. The van der Waals surface area contributed by atoms with E-state index in [1.807, 2.05) is 0 Å². The largest absolute Gasteiger partial charge is 0.416 e. The first-order valence-corrected chi connectivity index (χ1v) is 7.15. The van der Waals surface area contributed by atoms with Gasteiger partial charge in [-0.25, -0.2) is 0 Å². The van der Waals surface area contributed by atoms with E-state index < -0.39 is 11.7 Å². The van der Waals surface area contributed by atoms with E-state index in [2.05, 4.69) is 5.43 Å². The number of benzene rings is 1. The Kier molecular flexibility index (Phi) is 5.05. The summed E-state index contributed by atoms with van der Waals surface area (Å²) in [7, 11) is 0. The molecule has 1 aliphatic rings. The monoisotopic (exact) mass is 286 g/mol. The predicted octanol–water partition coefficient (Wildman–Crippen LogP) is 4.18. The van der Waals surface area contributed by atoms with Gasteiger partial charge < -0.3 is 0 Å². The van der Waals surface area contributed by atoms with E-state index >= 15 is 0 Å². The van der Waals surface area contributed by atoms with Crippen LogP contribution in [0.5, 0.6) is 0 Å². The lowest BCUT2D eigenvalue weighted by Crippen LogP contribution is -2.33. The van der Waals surface area contributed by atoms with E-state index in [9.17, 15) is 13.2 Å². The molecule has 20 heavy (non-hydrogen) atoms. The van der Waals surface area contributed by atoms with E-state index in [0.717, 1.165) is 30.5 Å². The Labute approximate surface area is 117 Å². The van der Waals surface area contributed by atoms with E-state index in [0.29, 0.717) is 5.92 Å². The number of nitrogens with one attached hydrogen (secondary N) is 1. The Morgan fingerprint density at radius 3 is 2.00 bits per heavy atom. The standard InChI is InChI=1S/C15H21F3N2/c16-15(17,18)13-9-7-12(8-10-13)14(20-19)11-5-3-1-2-4-6-11/h7-11,14,20H,1-6,19H2. The Hall–Kier alpha value is -1.07. The molecule has 1 atom stereocenters. The van der Waals surface area contributed by atoms with Crippen LogP contribution in [0.15, 0.2) is 24.3 Å². The number of nitrogens with two attached hydrogens (primary N) is 1. The molecule has 0 spiro atoms. The fourth-order valence-corrected chi connectivity index (χ4v) is 3.03. The molecule has 1 aromatic carbocycles. The Morgan fingerprint density at radius 2 is 1.55 bits per heavy atom. The smallest absolute Gasteiger partial charge is 0.271 e. The van der Waals surface area contributed by atoms with Crippen LogP contribution in [0, 0.1) is 5.92 Å². The Morgan fingerprint density at radius 1 is 1.00 bits per heavy atom. The van der Waals surface area contributed by atoms with E-state index in [-0.39, 0.29) is 6.04 Å². The highest BCUT2D eigenvalue weighted by atomic mass is 19.4. The third kappa shape index (κ3) is 3.73. The highest BCUT2D eigenvalue weighted by Crippen LogP contribution is 2.35. The summed E-state index contributed by atoms with van der Waals surface area (Å²) in [6.07, 6.45) is 2.69. The van der Waals surface area contributed by atoms with E-state index in [1.165, 1.54) is 37.8 Å². The molecule has 2 nitrogen and oxygen atoms in total. The van der Waals surface area contributed by atoms with Crippen LogP contribution in [0.1, 0.15) is 55.7 Å². The average Bonchev–Trinajstić information content (AvgIpc) is 2.68. The second-order valence-electron chi connectivity index (χ2n) is 5.52. The fraction of sp³-hybridized carbons (Fsp3) is 0.600. The maximum absolute atomic E-state index is 12.6. The van der Waals surface area contributed by atoms with Crippen molar-refractivity contribution >= 4 is 0 Å². The van der Waals surface area contributed by atoms with Crippen LogP contribution in [0.25, 0.3) is 0 Å². The van der Waals surface area contributed by atoms with Crippen molar-refractivity contribution < 1.29 is 13.2 Å². The lowest BCUT2D eigenvalue weighted by molar-refractivity contribution is -0.137. The number of rotatable bonds is 3. The molecule has 3 N–H and O–H groups in total. The molecular formula is C15H21F3N2. The lowest BCUT2D eigenvalue weighted by Gasteiger charge is -2.26. The first-order chi connectivity index (χ1) is 9.52. The summed E-state index contributed by atoms with van der Waals surface area (Å²) in [6, 6.07) is 5.29. The van der Waals surface area contributed by atoms with Gasteiger partial charge in [0, 0.05) is 6.04 Å². The molecule has 0 saturated heterocycles. The van der Waals surface area contributed by atoms with Gasteiger partial charge in [0.2, 0.25) is 0 Å². The van der Waals surface area contributed by atoms with Crippen LogP contribution in [-0.4, -0.2) is 0 Å². The third-order valence-electron chi connectivity index (χ3n) is 4.15. The summed E-state index contributed by atoms with van der Waals surface area (Å²) in [4.78, 5) is 0. The number of alkyl halides is 3. The van der Waals surface area contributed by atoms with Gasteiger partial charge in [-0.3, -0.25) is 11.3 Å². The van der Waals surface area contributed by atoms with Gasteiger partial charge in [0.15, 0.2) is 0 Å². The average molecular weight is 286 g/mol. The number of hydrazine groups is 1. The van der Waals surface area contributed by atoms with Crippen LogP contribution in [0.2, 0.25) is 0 Å². The molecule has 112 valence electrons. The van der Waals surface area contributed by atoms with Gasteiger partial charge in [0.25, 0.3) is 0 Å². The molecule has 2 rings (SSSR count). The first-order valence-electron chi connectivity index (χ1n) is 7.15. The first kappa shape index (κ1) is 15.3. The van der Waals surface area contributed by atoms with Crippen LogP contribution >= 0.6 is 0 Å². The molecule has 1 saturated carbocycles. The number of hydrogen-bond donors (Lipinski definition) is 2. The molecule has 0 aliphatic heterocycles. The van der Waals surface area contributed by atoms with Gasteiger partial charge >= 0.3 is 6.18 Å². The van der Waals surface area contributed by atoms with Gasteiger partial charge in [0.05, 0.1) is 5.56 Å². The van der Waals surface area contributed by atoms with Crippen LogP contribution < -0.4 is 11.3 Å². The molecule has 1 aliphatic carbocycles. The molecule has 1 fully saturated rings. The molecule has 0 aromatic heterocycles. The molecule has 0 amide bonds. The second kappa shape index (κ2) is 6.59. The van der Waals surface area contributed by atoms with Crippen molar-refractivity contribution in [3.8, 4) is 0 Å². The van der Waals surface area contributed by atoms with Crippen LogP contribution in [0.3, 0.4) is 0 Å². The topological polar surface area (TPSA) is 38.0 Å². The molecular weight excluding hydrogens is 265 g/mol. The van der Waals surface area contributed by atoms with Crippen molar-refractivity contribution in [2.24, 2.45) is 11.8 Å². The highest BCUT2D eigenvalue weighted by Gasteiger charge is 2.31. The van der Waals surface area contributed by atoms with Gasteiger partial charge in [-0.1, -0.05) is 37.8 Å². The fourth-order valence-electron chi connectivity index (χ4n) is 3.03. The molecule has 5 heteroatoms. The normalized spacial score (nSPS) is 19.6. The zero-order chi connectivity index (χ0) is 14.6. The number of halogens is 3. The minimum Gasteiger partial charge on any atom is -0.271 e. The zero-order valence-corrected chi connectivity index (χ0v) is 11.4. The second-order valence-corrected chi connectivity index (χ2v) is 5.52. The van der Waals surface area contributed by atoms with Crippen molar-refractivity contribution in [3.05, 3.63) is 35.4 Å². The molecule has 0 bridgehead atoms. The number of hydrogen-bond acceptors (Lipinski definition) is 2. The van der Waals surface area contributed by atoms with Gasteiger partial charge in [-0.2, -0.15) is 13.2 Å². The van der Waals surface area contributed by atoms with Crippen molar-refractivity contribution in [2.45, 2.75) is 50.7 Å². The zero-order valence-electron chi connectivity index (χ0n) is 11.4. The lowest BCUT2D eigenvalue weighted by atomic mass is 9.87. The van der Waals surface area contributed by atoms with E-state index in [1.54, 1.807) is 0 Å². The maximum Gasteiger partial charge on any atom is 0.416 e. The molecule has 1 unspecified atom stereocenters. The van der Waals surface area contributed by atoms with Gasteiger partial charge in [-0.15, -0.1) is 0 Å². The van der Waals surface area contributed by atoms with Gasteiger partial charge in [0.1, 0.15) is 0 Å². The molecule has 1 aromatic rings. The summed E-state index contributed by atoms with van der Waals surface area (Å²) < 4.78 is 37.7. The summed E-state index contributed by atoms with van der Waals surface area (Å²) in [5, 5.41) is 0. The van der Waals surface area contributed by atoms with Crippen molar-refractivity contribution in [1.29, 1.82) is 0 Å². The molecule has 0 radical (unpaired) electrons. The van der Waals surface area contributed by atoms with Crippen LogP contribution in [-0.2, 0) is 6.18 Å².